The molecule has 19 atom stereocenters. The van der Waals surface area contributed by atoms with Gasteiger partial charge in [0.2, 0.25) is 0 Å². The summed E-state index contributed by atoms with van der Waals surface area (Å²) in [5.74, 6) is 19.0. The molecule has 0 aromatic carbocycles. The zero-order valence-electron chi connectivity index (χ0n) is 27.6. The maximum absolute atomic E-state index is 2.62. The molecule has 0 amide bonds. The molecule has 0 nitrogen and oxygen atoms in total. The molecule has 0 spiro atoms. The molecule has 0 aliphatic heterocycles. The van der Waals surface area contributed by atoms with Gasteiger partial charge in [0.25, 0.3) is 0 Å². The third kappa shape index (κ3) is 4.33. The van der Waals surface area contributed by atoms with Crippen molar-refractivity contribution in [1.82, 2.24) is 0 Å². The minimum Gasteiger partial charge on any atom is -0.0880 e. The molecule has 44 heavy (non-hydrogen) atoms. The Balaban J connectivity index is 0.000000134. The molecule has 0 heterocycles. The van der Waals surface area contributed by atoms with Gasteiger partial charge in [0.15, 0.2) is 0 Å². The molecule has 0 heteroatoms. The van der Waals surface area contributed by atoms with Crippen molar-refractivity contribution in [2.45, 2.75) is 96.8 Å². The van der Waals surface area contributed by atoms with Crippen molar-refractivity contribution in [1.29, 1.82) is 0 Å². The van der Waals surface area contributed by atoms with E-state index in [1.807, 2.05) is 0 Å². The first-order valence-electron chi connectivity index (χ1n) is 20.1. The van der Waals surface area contributed by atoms with E-state index in [4.69, 9.17) is 0 Å². The van der Waals surface area contributed by atoms with Gasteiger partial charge >= 0.3 is 0 Å². The SMILES string of the molecule is C1=CC2CC1C1CC3C4C=CC(C4)C3CC21.CCC1C=CCC2CCC3C4C=CC(C4)C3CCC3C4C=CC(C4)C3CCC12. The fourth-order valence-corrected chi connectivity index (χ4v) is 15.3. The Bertz CT molecular complexity index is 1170. The molecule has 11 aliphatic rings. The quantitative estimate of drug-likeness (QED) is 0.267. The summed E-state index contributed by atoms with van der Waals surface area (Å²) in [5.41, 5.74) is 0. The van der Waals surface area contributed by atoms with Gasteiger partial charge in [0.1, 0.15) is 0 Å². The summed E-state index contributed by atoms with van der Waals surface area (Å²) >= 11 is 0. The van der Waals surface area contributed by atoms with Crippen molar-refractivity contribution in [2.75, 3.05) is 0 Å². The molecule has 0 aromatic rings. The predicted octanol–water partition coefficient (Wildman–Crippen LogP) is 11.1. The van der Waals surface area contributed by atoms with Gasteiger partial charge in [-0.1, -0.05) is 67.7 Å². The lowest BCUT2D eigenvalue weighted by molar-refractivity contribution is 0.0961. The monoisotopic (exact) mass is 588 g/mol. The summed E-state index contributed by atoms with van der Waals surface area (Å²) in [6.45, 7) is 2.44. The van der Waals surface area contributed by atoms with Crippen LogP contribution in [-0.2, 0) is 0 Å². The molecule has 6 saturated carbocycles. The summed E-state index contributed by atoms with van der Waals surface area (Å²) in [4.78, 5) is 0. The fraction of sp³-hybridized carbons (Fsp3) is 0.773. The molecule has 236 valence electrons. The van der Waals surface area contributed by atoms with Crippen LogP contribution >= 0.6 is 0 Å². The van der Waals surface area contributed by atoms with Crippen LogP contribution in [0, 0.1) is 112 Å². The van der Waals surface area contributed by atoms with Crippen LogP contribution in [0.3, 0.4) is 0 Å². The van der Waals surface area contributed by atoms with Gasteiger partial charge in [-0.3, -0.25) is 0 Å². The lowest BCUT2D eigenvalue weighted by atomic mass is 9.62. The third-order valence-electron chi connectivity index (χ3n) is 17.3. The lowest BCUT2D eigenvalue weighted by Gasteiger charge is -2.43. The highest BCUT2D eigenvalue weighted by Gasteiger charge is 2.55. The summed E-state index contributed by atoms with van der Waals surface area (Å²) in [6.07, 6.45) is 46.9. The van der Waals surface area contributed by atoms with Crippen LogP contribution < -0.4 is 0 Å². The Morgan fingerprint density at radius 2 is 0.705 bits per heavy atom. The van der Waals surface area contributed by atoms with Crippen LogP contribution in [0.2, 0.25) is 0 Å². The maximum Gasteiger partial charge on any atom is -0.0196 e. The summed E-state index contributed by atoms with van der Waals surface area (Å²) in [7, 11) is 0. The van der Waals surface area contributed by atoms with Crippen molar-refractivity contribution in [3.8, 4) is 0 Å². The van der Waals surface area contributed by atoms with E-state index in [0.717, 1.165) is 112 Å². The standard InChI is InChI=1S/C28H40.C16H20/c1-2-18-4-3-5-19-10-11-25-20-6-7-22(16-20)27(25)14-15-28-23-9-8-21(17-23)26(28)13-12-24(18)19;1-2-10-5-9(1)13-7-15-11-3-4-12(6-11)16(15)8-14(10)13/h3-4,6-9,18-28H,2,5,10-17H2,1H3;1-4,9-16H,5-8H2. The second kappa shape index (κ2) is 10.9. The minimum absolute atomic E-state index is 0.866. The van der Waals surface area contributed by atoms with E-state index < -0.39 is 0 Å². The van der Waals surface area contributed by atoms with Gasteiger partial charge in [-0.2, -0.15) is 0 Å². The molecule has 11 rings (SSSR count). The highest BCUT2D eigenvalue weighted by atomic mass is 14.6. The largest absolute Gasteiger partial charge is 0.0880 e. The third-order valence-corrected chi connectivity index (χ3v) is 17.3. The Kier molecular flexibility index (Phi) is 6.87. The van der Waals surface area contributed by atoms with Gasteiger partial charge in [-0.05, 0) is 202 Å². The maximum atomic E-state index is 2.62. The minimum atomic E-state index is 0.866. The van der Waals surface area contributed by atoms with E-state index in [1.54, 1.807) is 25.7 Å². The van der Waals surface area contributed by atoms with Gasteiger partial charge < -0.3 is 0 Å². The average Bonchev–Trinajstić information content (AvgIpc) is 3.92. The molecular weight excluding hydrogens is 528 g/mol. The summed E-state index contributed by atoms with van der Waals surface area (Å²) in [6, 6.07) is 0. The second-order valence-electron chi connectivity index (χ2n) is 18.5. The number of allylic oxidation sites excluding steroid dienone is 10. The Morgan fingerprint density at radius 1 is 0.364 bits per heavy atom. The molecule has 8 bridgehead atoms. The zero-order chi connectivity index (χ0) is 28.9. The Morgan fingerprint density at radius 3 is 1.09 bits per heavy atom. The van der Waals surface area contributed by atoms with Crippen molar-refractivity contribution < 1.29 is 0 Å². The van der Waals surface area contributed by atoms with Crippen molar-refractivity contribution >= 4 is 0 Å². The fourth-order valence-electron chi connectivity index (χ4n) is 15.3. The summed E-state index contributed by atoms with van der Waals surface area (Å²) in [5, 5.41) is 0. The highest BCUT2D eigenvalue weighted by molar-refractivity contribution is 5.21. The van der Waals surface area contributed by atoms with Crippen molar-refractivity contribution in [2.24, 2.45) is 112 Å². The van der Waals surface area contributed by atoms with Crippen molar-refractivity contribution in [3.05, 3.63) is 60.8 Å². The smallest absolute Gasteiger partial charge is 0.0196 e. The van der Waals surface area contributed by atoms with Gasteiger partial charge in [0.05, 0.1) is 0 Å². The predicted molar refractivity (Wildman–Crippen MR) is 182 cm³/mol. The van der Waals surface area contributed by atoms with Gasteiger partial charge in [-0.25, -0.2) is 0 Å². The van der Waals surface area contributed by atoms with Crippen molar-refractivity contribution in [3.63, 3.8) is 0 Å². The second-order valence-corrected chi connectivity index (χ2v) is 18.5. The van der Waals surface area contributed by atoms with E-state index in [9.17, 15) is 0 Å². The van der Waals surface area contributed by atoms with E-state index >= 15 is 0 Å². The molecular formula is C44H60. The molecule has 19 unspecified atom stereocenters. The first kappa shape index (κ1) is 27.8. The zero-order valence-corrected chi connectivity index (χ0v) is 27.6. The highest BCUT2D eigenvalue weighted by Crippen LogP contribution is 2.63. The first-order valence-corrected chi connectivity index (χ1v) is 20.1. The molecule has 0 N–H and O–H groups in total. The molecule has 6 fully saturated rings. The number of hydrogen-bond donors (Lipinski definition) is 0. The Hall–Kier alpha value is -1.30. The molecule has 11 aliphatic carbocycles. The Labute approximate surface area is 269 Å². The van der Waals surface area contributed by atoms with E-state index in [1.165, 1.54) is 64.2 Å². The normalized spacial score (nSPS) is 57.7. The van der Waals surface area contributed by atoms with Gasteiger partial charge in [0, 0.05) is 0 Å². The first-order chi connectivity index (χ1) is 21.7. The van der Waals surface area contributed by atoms with Gasteiger partial charge in [-0.15, -0.1) is 0 Å². The molecule has 0 radical (unpaired) electrons. The number of rotatable bonds is 1. The number of fused-ring (bicyclic) bond motifs is 21. The van der Waals surface area contributed by atoms with Crippen LogP contribution in [-0.4, -0.2) is 0 Å². The van der Waals surface area contributed by atoms with E-state index in [0.29, 0.717) is 0 Å². The number of hydrogen-bond acceptors (Lipinski definition) is 0. The van der Waals surface area contributed by atoms with Crippen LogP contribution in [0.4, 0.5) is 0 Å². The molecule has 0 saturated heterocycles. The van der Waals surface area contributed by atoms with E-state index in [2.05, 4.69) is 67.7 Å². The van der Waals surface area contributed by atoms with Crippen LogP contribution in [0.25, 0.3) is 0 Å². The van der Waals surface area contributed by atoms with E-state index in [-0.39, 0.29) is 0 Å². The lowest BCUT2D eigenvalue weighted by Crippen LogP contribution is -2.35. The summed E-state index contributed by atoms with van der Waals surface area (Å²) < 4.78 is 0. The molecule has 0 aromatic heterocycles. The topological polar surface area (TPSA) is 0 Å². The van der Waals surface area contributed by atoms with Crippen LogP contribution in [0.1, 0.15) is 96.8 Å². The average molecular weight is 589 g/mol. The van der Waals surface area contributed by atoms with Crippen LogP contribution in [0.5, 0.6) is 0 Å². The van der Waals surface area contributed by atoms with Crippen LogP contribution in [0.15, 0.2) is 60.8 Å².